The first kappa shape index (κ1) is 30.7. The minimum atomic E-state index is -0.818. The van der Waals surface area contributed by atoms with E-state index in [1.165, 1.54) is 0 Å². The SMILES string of the molecule is O=C(NCC1CCCC(CNC(=O)NNc2ccc([N+](=O)[O-])cc2[N+](=O)[O-])C1)NNc1ccc([N+](=O)[O-])cc1[N+](=O)[O-]. The predicted octanol–water partition coefficient (Wildman–Crippen LogP) is 3.08. The van der Waals surface area contributed by atoms with Crippen LogP contribution in [0.2, 0.25) is 0 Å². The fourth-order valence-corrected chi connectivity index (χ4v) is 4.36. The Hall–Kier alpha value is -5.82. The molecule has 6 N–H and O–H groups in total. The first-order chi connectivity index (χ1) is 19.9. The molecule has 1 aliphatic carbocycles. The lowest BCUT2D eigenvalue weighted by atomic mass is 9.81. The van der Waals surface area contributed by atoms with E-state index in [0.29, 0.717) is 6.42 Å². The number of carbonyl (C=O) groups is 2. The van der Waals surface area contributed by atoms with Gasteiger partial charge in [-0.25, -0.2) is 9.59 Å². The normalized spacial score (nSPS) is 15.9. The average molecular weight is 591 g/mol. The van der Waals surface area contributed by atoms with Crippen molar-refractivity contribution < 1.29 is 29.3 Å². The van der Waals surface area contributed by atoms with E-state index in [-0.39, 0.29) is 36.3 Å². The second-order valence-corrected chi connectivity index (χ2v) is 9.25. The van der Waals surface area contributed by atoms with Crippen molar-refractivity contribution in [3.05, 3.63) is 76.9 Å². The molecule has 0 aliphatic heterocycles. The molecule has 0 radical (unpaired) electrons. The molecule has 4 amide bonds. The molecule has 1 fully saturated rings. The summed E-state index contributed by atoms with van der Waals surface area (Å²) in [6, 6.07) is 4.52. The largest absolute Gasteiger partial charge is 0.336 e. The summed E-state index contributed by atoms with van der Waals surface area (Å²) >= 11 is 0. The van der Waals surface area contributed by atoms with Gasteiger partial charge >= 0.3 is 23.4 Å². The molecule has 1 aliphatic rings. The van der Waals surface area contributed by atoms with Crippen molar-refractivity contribution in [3.63, 3.8) is 0 Å². The Bertz CT molecular complexity index is 1290. The third-order valence-corrected chi connectivity index (χ3v) is 6.39. The quantitative estimate of drug-likeness (QED) is 0.154. The van der Waals surface area contributed by atoms with Gasteiger partial charge in [-0.05, 0) is 43.2 Å². The van der Waals surface area contributed by atoms with E-state index in [0.717, 1.165) is 55.7 Å². The van der Waals surface area contributed by atoms with E-state index in [9.17, 15) is 50.0 Å². The number of nitrogens with zero attached hydrogens (tertiary/aromatic N) is 4. The van der Waals surface area contributed by atoms with E-state index in [2.05, 4.69) is 32.3 Å². The number of anilines is 2. The van der Waals surface area contributed by atoms with E-state index in [1.807, 2.05) is 0 Å². The summed E-state index contributed by atoms with van der Waals surface area (Å²) in [5.74, 6) is 0.155. The van der Waals surface area contributed by atoms with Gasteiger partial charge in [0.1, 0.15) is 11.4 Å². The van der Waals surface area contributed by atoms with Crippen LogP contribution in [0.3, 0.4) is 0 Å². The Labute approximate surface area is 235 Å². The van der Waals surface area contributed by atoms with Gasteiger partial charge in [0.2, 0.25) is 0 Å². The molecule has 0 heterocycles. The van der Waals surface area contributed by atoms with Crippen LogP contribution in [0.1, 0.15) is 25.7 Å². The molecule has 0 saturated heterocycles. The van der Waals surface area contributed by atoms with Gasteiger partial charge in [-0.15, -0.1) is 0 Å². The minimum absolute atomic E-state index is 0.0777. The van der Waals surface area contributed by atoms with Crippen LogP contribution in [0.4, 0.5) is 43.7 Å². The van der Waals surface area contributed by atoms with Crippen molar-refractivity contribution in [3.8, 4) is 0 Å². The van der Waals surface area contributed by atoms with Gasteiger partial charge in [0.15, 0.2) is 0 Å². The summed E-state index contributed by atoms with van der Waals surface area (Å²) in [4.78, 5) is 65.3. The number of benzene rings is 2. The molecule has 3 rings (SSSR count). The van der Waals surface area contributed by atoms with Crippen LogP contribution in [-0.4, -0.2) is 44.8 Å². The molecule has 20 nitrogen and oxygen atoms in total. The van der Waals surface area contributed by atoms with Crippen LogP contribution >= 0.6 is 0 Å². The highest BCUT2D eigenvalue weighted by molar-refractivity contribution is 5.77. The zero-order chi connectivity index (χ0) is 30.8. The zero-order valence-corrected chi connectivity index (χ0v) is 21.7. The number of nitro benzene ring substituents is 4. The van der Waals surface area contributed by atoms with Crippen molar-refractivity contribution in [1.29, 1.82) is 0 Å². The standard InChI is InChI=1S/C22H26N10O10/c33-21(27-25-17-6-4-15(29(35)36)9-19(17)31(39)40)23-11-13-2-1-3-14(8-13)12-24-22(34)28-26-18-7-5-16(30(37)38)10-20(18)32(41)42/h4-7,9-10,13-14,25-26H,1-3,8,11-12H2,(H2,23,27,33)(H2,24,28,34). The van der Waals surface area contributed by atoms with Gasteiger partial charge in [0.05, 0.1) is 31.8 Å². The van der Waals surface area contributed by atoms with E-state index in [1.54, 1.807) is 0 Å². The van der Waals surface area contributed by atoms with Crippen LogP contribution in [0.5, 0.6) is 0 Å². The topological polar surface area (TPSA) is 279 Å². The van der Waals surface area contributed by atoms with Crippen molar-refractivity contribution in [2.24, 2.45) is 11.8 Å². The number of hydrogen-bond acceptors (Lipinski definition) is 12. The molecule has 0 aromatic heterocycles. The molecule has 0 bridgehead atoms. The van der Waals surface area contributed by atoms with E-state index in [4.69, 9.17) is 0 Å². The van der Waals surface area contributed by atoms with Gasteiger partial charge in [-0.1, -0.05) is 6.42 Å². The maximum absolute atomic E-state index is 12.2. The molecule has 224 valence electrons. The molecule has 1 saturated carbocycles. The number of non-ortho nitro benzene ring substituents is 2. The van der Waals surface area contributed by atoms with Crippen molar-refractivity contribution >= 4 is 46.2 Å². The summed E-state index contributed by atoms with van der Waals surface area (Å²) < 4.78 is 0. The fourth-order valence-electron chi connectivity index (χ4n) is 4.36. The maximum atomic E-state index is 12.2. The zero-order valence-electron chi connectivity index (χ0n) is 21.7. The first-order valence-corrected chi connectivity index (χ1v) is 12.4. The molecule has 2 atom stereocenters. The Balaban J connectivity index is 1.41. The molecular formula is C22H26N10O10. The summed E-state index contributed by atoms with van der Waals surface area (Å²) in [7, 11) is 0. The number of nitro groups is 4. The number of amides is 4. The van der Waals surface area contributed by atoms with Crippen molar-refractivity contribution in [2.45, 2.75) is 25.7 Å². The van der Waals surface area contributed by atoms with E-state index >= 15 is 0 Å². The lowest BCUT2D eigenvalue weighted by Crippen LogP contribution is -2.43. The van der Waals surface area contributed by atoms with Crippen LogP contribution in [-0.2, 0) is 0 Å². The Morgan fingerprint density at radius 1 is 0.667 bits per heavy atom. The number of hydrazine groups is 2. The molecule has 2 unspecified atom stereocenters. The van der Waals surface area contributed by atoms with Gasteiger partial charge < -0.3 is 10.6 Å². The highest BCUT2D eigenvalue weighted by atomic mass is 16.6. The monoisotopic (exact) mass is 590 g/mol. The third-order valence-electron chi connectivity index (χ3n) is 6.39. The summed E-state index contributed by atoms with van der Waals surface area (Å²) in [5, 5.41) is 49.4. The summed E-state index contributed by atoms with van der Waals surface area (Å²) in [6.07, 6.45) is 3.14. The number of hydrogen-bond donors (Lipinski definition) is 6. The molecular weight excluding hydrogens is 564 g/mol. The third kappa shape index (κ3) is 8.59. The molecule has 0 spiro atoms. The lowest BCUT2D eigenvalue weighted by Gasteiger charge is -2.29. The first-order valence-electron chi connectivity index (χ1n) is 12.4. The maximum Gasteiger partial charge on any atom is 0.333 e. The average Bonchev–Trinajstić information content (AvgIpc) is 2.96. The van der Waals surface area contributed by atoms with Crippen LogP contribution < -0.4 is 32.3 Å². The second kappa shape index (κ2) is 14.0. The van der Waals surface area contributed by atoms with Crippen molar-refractivity contribution in [1.82, 2.24) is 21.5 Å². The second-order valence-electron chi connectivity index (χ2n) is 9.25. The molecule has 42 heavy (non-hydrogen) atoms. The minimum Gasteiger partial charge on any atom is -0.336 e. The van der Waals surface area contributed by atoms with Crippen LogP contribution in [0.15, 0.2) is 36.4 Å². The Morgan fingerprint density at radius 2 is 1.07 bits per heavy atom. The van der Waals surface area contributed by atoms with Gasteiger partial charge in [0.25, 0.3) is 11.4 Å². The number of urea groups is 2. The molecule has 2 aromatic carbocycles. The Morgan fingerprint density at radius 3 is 1.43 bits per heavy atom. The number of rotatable bonds is 12. The Kier molecular flexibility index (Phi) is 10.2. The van der Waals surface area contributed by atoms with Crippen LogP contribution in [0, 0.1) is 52.3 Å². The van der Waals surface area contributed by atoms with Gasteiger partial charge in [-0.2, -0.15) is 0 Å². The molecule has 20 heteroatoms. The highest BCUT2D eigenvalue weighted by Gasteiger charge is 2.24. The van der Waals surface area contributed by atoms with Crippen molar-refractivity contribution in [2.75, 3.05) is 23.9 Å². The number of nitrogens with one attached hydrogen (secondary N) is 6. The molecule has 2 aromatic rings. The van der Waals surface area contributed by atoms with E-state index < -0.39 is 54.5 Å². The number of carbonyl (C=O) groups excluding carboxylic acids is 2. The van der Waals surface area contributed by atoms with Crippen LogP contribution in [0.25, 0.3) is 0 Å². The summed E-state index contributed by atoms with van der Waals surface area (Å²) in [6.45, 7) is 0.563. The predicted molar refractivity (Wildman–Crippen MR) is 145 cm³/mol. The highest BCUT2D eigenvalue weighted by Crippen LogP contribution is 2.30. The smallest absolute Gasteiger partial charge is 0.333 e. The lowest BCUT2D eigenvalue weighted by molar-refractivity contribution is -0.393. The van der Waals surface area contributed by atoms with Gasteiger partial charge in [-0.3, -0.25) is 62.2 Å². The van der Waals surface area contributed by atoms with Gasteiger partial charge in [0, 0.05) is 25.2 Å². The fraction of sp³-hybridized carbons (Fsp3) is 0.364. The summed E-state index contributed by atoms with van der Waals surface area (Å²) in [5.41, 5.74) is 6.88.